The predicted molar refractivity (Wildman–Crippen MR) is 115 cm³/mol. The minimum Gasteiger partial charge on any atom is -0.0840 e. The standard InChI is InChI=1S/C26H28/c1-5-6-7-8-22-11-15-24(16-12-22)26-18-17-25(20(3)21(26)4)23-13-9-19(2)10-14-23/h7-18H,5-6H2,1-4H3/b8-7+. The molecule has 0 saturated carbocycles. The molecule has 0 aliphatic rings. The van der Waals surface area contributed by atoms with E-state index in [0.29, 0.717) is 0 Å². The van der Waals surface area contributed by atoms with Gasteiger partial charge in [0.05, 0.1) is 0 Å². The SMILES string of the molecule is CCC/C=C/c1ccc(-c2ccc(-c3ccc(C)cc3)c(C)c2C)cc1. The van der Waals surface area contributed by atoms with Crippen molar-refractivity contribution in [1.29, 1.82) is 0 Å². The van der Waals surface area contributed by atoms with Crippen LogP contribution >= 0.6 is 0 Å². The molecule has 0 nitrogen and oxygen atoms in total. The number of benzene rings is 3. The summed E-state index contributed by atoms with van der Waals surface area (Å²) >= 11 is 0. The normalized spacial score (nSPS) is 11.2. The predicted octanol–water partition coefficient (Wildman–Crippen LogP) is 7.76. The van der Waals surface area contributed by atoms with Crippen LogP contribution < -0.4 is 0 Å². The summed E-state index contributed by atoms with van der Waals surface area (Å²) in [6.45, 7) is 8.80. The summed E-state index contributed by atoms with van der Waals surface area (Å²) in [4.78, 5) is 0. The first kappa shape index (κ1) is 18.2. The van der Waals surface area contributed by atoms with Crippen molar-refractivity contribution in [3.05, 3.63) is 89.0 Å². The van der Waals surface area contributed by atoms with Gasteiger partial charge in [-0.15, -0.1) is 0 Å². The molecule has 0 fully saturated rings. The van der Waals surface area contributed by atoms with Crippen LogP contribution in [0.5, 0.6) is 0 Å². The summed E-state index contributed by atoms with van der Waals surface area (Å²) < 4.78 is 0. The molecule has 3 rings (SSSR count). The monoisotopic (exact) mass is 340 g/mol. The van der Waals surface area contributed by atoms with Gasteiger partial charge in [-0.05, 0) is 66.1 Å². The number of unbranched alkanes of at least 4 members (excludes halogenated alkanes) is 1. The van der Waals surface area contributed by atoms with Crippen molar-refractivity contribution in [2.75, 3.05) is 0 Å². The highest BCUT2D eigenvalue weighted by molar-refractivity contribution is 5.77. The zero-order chi connectivity index (χ0) is 18.5. The van der Waals surface area contributed by atoms with E-state index in [0.717, 1.165) is 6.42 Å². The van der Waals surface area contributed by atoms with E-state index >= 15 is 0 Å². The highest BCUT2D eigenvalue weighted by atomic mass is 14.1. The number of hydrogen-bond donors (Lipinski definition) is 0. The third kappa shape index (κ3) is 3.96. The first-order valence-electron chi connectivity index (χ1n) is 9.54. The van der Waals surface area contributed by atoms with E-state index in [4.69, 9.17) is 0 Å². The third-order valence-corrected chi connectivity index (χ3v) is 5.14. The lowest BCUT2D eigenvalue weighted by Crippen LogP contribution is -1.92. The maximum atomic E-state index is 2.26. The number of hydrogen-bond acceptors (Lipinski definition) is 0. The van der Waals surface area contributed by atoms with E-state index in [-0.39, 0.29) is 0 Å². The van der Waals surface area contributed by atoms with Crippen molar-refractivity contribution in [3.63, 3.8) is 0 Å². The smallest absolute Gasteiger partial charge is 0.0152 e. The largest absolute Gasteiger partial charge is 0.0840 e. The van der Waals surface area contributed by atoms with Crippen LogP contribution in [0.4, 0.5) is 0 Å². The van der Waals surface area contributed by atoms with E-state index in [2.05, 4.69) is 101 Å². The highest BCUT2D eigenvalue weighted by Gasteiger charge is 2.09. The van der Waals surface area contributed by atoms with Crippen LogP contribution in [0.15, 0.2) is 66.7 Å². The summed E-state index contributed by atoms with van der Waals surface area (Å²) in [6, 6.07) is 22.2. The quantitative estimate of drug-likeness (QED) is 0.445. The minimum absolute atomic E-state index is 1.14. The molecule has 26 heavy (non-hydrogen) atoms. The van der Waals surface area contributed by atoms with Crippen molar-refractivity contribution >= 4 is 6.08 Å². The second kappa shape index (κ2) is 8.19. The van der Waals surface area contributed by atoms with Gasteiger partial charge in [-0.25, -0.2) is 0 Å². The van der Waals surface area contributed by atoms with Crippen LogP contribution in [-0.2, 0) is 0 Å². The van der Waals surface area contributed by atoms with Crippen LogP contribution in [0, 0.1) is 20.8 Å². The molecule has 3 aromatic rings. The Hall–Kier alpha value is -2.60. The van der Waals surface area contributed by atoms with Crippen LogP contribution in [0.3, 0.4) is 0 Å². The molecule has 0 aromatic heterocycles. The summed E-state index contributed by atoms with van der Waals surface area (Å²) in [5, 5.41) is 0. The fraction of sp³-hybridized carbons (Fsp3) is 0.231. The molecule has 0 radical (unpaired) electrons. The van der Waals surface area contributed by atoms with E-state index in [1.807, 2.05) is 0 Å². The van der Waals surface area contributed by atoms with Gasteiger partial charge in [0, 0.05) is 0 Å². The molecule has 0 amide bonds. The zero-order valence-corrected chi connectivity index (χ0v) is 16.3. The molecule has 0 heterocycles. The minimum atomic E-state index is 1.14. The van der Waals surface area contributed by atoms with E-state index in [9.17, 15) is 0 Å². The van der Waals surface area contributed by atoms with E-state index in [1.54, 1.807) is 0 Å². The second-order valence-electron chi connectivity index (χ2n) is 7.09. The average Bonchev–Trinajstić information content (AvgIpc) is 2.66. The molecule has 0 unspecified atom stereocenters. The van der Waals surface area contributed by atoms with Crippen molar-refractivity contribution in [1.82, 2.24) is 0 Å². The topological polar surface area (TPSA) is 0 Å². The summed E-state index contributed by atoms with van der Waals surface area (Å²) in [6.07, 6.45) is 6.80. The molecule has 0 heteroatoms. The number of aryl methyl sites for hydroxylation is 1. The Balaban J connectivity index is 1.92. The van der Waals surface area contributed by atoms with Gasteiger partial charge in [-0.2, -0.15) is 0 Å². The fourth-order valence-electron chi connectivity index (χ4n) is 3.34. The first-order valence-corrected chi connectivity index (χ1v) is 9.54. The lowest BCUT2D eigenvalue weighted by Gasteiger charge is -2.14. The van der Waals surface area contributed by atoms with Gasteiger partial charge in [-0.3, -0.25) is 0 Å². The van der Waals surface area contributed by atoms with Crippen molar-refractivity contribution in [3.8, 4) is 22.3 Å². The molecule has 0 spiro atoms. The van der Waals surface area contributed by atoms with E-state index < -0.39 is 0 Å². The second-order valence-corrected chi connectivity index (χ2v) is 7.09. The van der Waals surface area contributed by atoms with Gasteiger partial charge in [0.1, 0.15) is 0 Å². The molecule has 0 aliphatic carbocycles. The lowest BCUT2D eigenvalue weighted by molar-refractivity contribution is 0.962. The van der Waals surface area contributed by atoms with Crippen molar-refractivity contribution in [2.24, 2.45) is 0 Å². The van der Waals surface area contributed by atoms with Crippen molar-refractivity contribution in [2.45, 2.75) is 40.5 Å². The molecule has 132 valence electrons. The number of allylic oxidation sites excluding steroid dienone is 1. The van der Waals surface area contributed by atoms with Crippen LogP contribution in [0.1, 0.15) is 42.0 Å². The molecule has 0 atom stereocenters. The highest BCUT2D eigenvalue weighted by Crippen LogP contribution is 2.33. The van der Waals surface area contributed by atoms with Gasteiger partial charge in [0.25, 0.3) is 0 Å². The van der Waals surface area contributed by atoms with Gasteiger partial charge in [0.15, 0.2) is 0 Å². The molecule has 0 N–H and O–H groups in total. The van der Waals surface area contributed by atoms with Crippen LogP contribution in [0.25, 0.3) is 28.3 Å². The average molecular weight is 341 g/mol. The van der Waals surface area contributed by atoms with Crippen LogP contribution in [0.2, 0.25) is 0 Å². The van der Waals surface area contributed by atoms with Gasteiger partial charge >= 0.3 is 0 Å². The third-order valence-electron chi connectivity index (χ3n) is 5.14. The Morgan fingerprint density at radius 1 is 0.654 bits per heavy atom. The van der Waals surface area contributed by atoms with Crippen molar-refractivity contribution < 1.29 is 0 Å². The molecular formula is C26H28. The Labute approximate surface area is 158 Å². The van der Waals surface area contributed by atoms with E-state index in [1.165, 1.54) is 50.9 Å². The zero-order valence-electron chi connectivity index (χ0n) is 16.3. The van der Waals surface area contributed by atoms with Gasteiger partial charge < -0.3 is 0 Å². The Bertz CT molecular complexity index is 894. The van der Waals surface area contributed by atoms with Gasteiger partial charge in [0.2, 0.25) is 0 Å². The summed E-state index contributed by atoms with van der Waals surface area (Å²) in [7, 11) is 0. The van der Waals surface area contributed by atoms with Gasteiger partial charge in [-0.1, -0.05) is 91.7 Å². The molecular weight excluding hydrogens is 312 g/mol. The van der Waals surface area contributed by atoms with Crippen LogP contribution in [-0.4, -0.2) is 0 Å². The summed E-state index contributed by atoms with van der Waals surface area (Å²) in [5.41, 5.74) is 10.5. The molecule has 0 bridgehead atoms. The Kier molecular flexibility index (Phi) is 5.73. The lowest BCUT2D eigenvalue weighted by atomic mass is 9.90. The molecule has 0 saturated heterocycles. The summed E-state index contributed by atoms with van der Waals surface area (Å²) in [5.74, 6) is 0. The Morgan fingerprint density at radius 2 is 1.15 bits per heavy atom. The molecule has 0 aliphatic heterocycles. The molecule has 3 aromatic carbocycles. The fourth-order valence-corrected chi connectivity index (χ4v) is 3.34. The number of rotatable bonds is 5. The Morgan fingerprint density at radius 3 is 1.65 bits per heavy atom. The maximum absolute atomic E-state index is 2.26. The maximum Gasteiger partial charge on any atom is -0.0152 e. The first-order chi connectivity index (χ1) is 12.6.